The predicted octanol–water partition coefficient (Wildman–Crippen LogP) is 4.12. The van der Waals surface area contributed by atoms with Crippen LogP contribution >= 0.6 is 0 Å². The van der Waals surface area contributed by atoms with Crippen LogP contribution in [0.3, 0.4) is 0 Å². The van der Waals surface area contributed by atoms with Crippen molar-refractivity contribution in [3.63, 3.8) is 0 Å². The lowest BCUT2D eigenvalue weighted by molar-refractivity contribution is -0.142. The van der Waals surface area contributed by atoms with Crippen LogP contribution in [-0.4, -0.2) is 28.2 Å². The third-order valence-corrected chi connectivity index (χ3v) is 4.48. The van der Waals surface area contributed by atoms with Crippen LogP contribution in [0.1, 0.15) is 35.0 Å². The van der Waals surface area contributed by atoms with Crippen molar-refractivity contribution in [2.24, 2.45) is 0 Å². The van der Waals surface area contributed by atoms with Gasteiger partial charge in [0.2, 0.25) is 0 Å². The van der Waals surface area contributed by atoms with Crippen LogP contribution in [0.25, 0.3) is 10.9 Å². The molecule has 0 fully saturated rings. The minimum Gasteiger partial charge on any atom is -0.508 e. The van der Waals surface area contributed by atoms with Crippen molar-refractivity contribution in [2.75, 3.05) is 6.61 Å². The van der Waals surface area contributed by atoms with Gasteiger partial charge in [0.05, 0.1) is 18.5 Å². The van der Waals surface area contributed by atoms with E-state index in [1.165, 1.54) is 28.8 Å². The fraction of sp³-hybridized carbons (Fsp3) is 0.238. The average molecular weight is 387 g/mol. The molecule has 28 heavy (non-hydrogen) atoms. The van der Waals surface area contributed by atoms with Gasteiger partial charge in [0.25, 0.3) is 5.91 Å². The number of halogens is 2. The van der Waals surface area contributed by atoms with Gasteiger partial charge in [-0.05, 0) is 55.3 Å². The molecular weight excluding hydrogens is 368 g/mol. The molecule has 0 saturated heterocycles. The molecule has 3 aromatic rings. The highest BCUT2D eigenvalue weighted by molar-refractivity contribution is 6.05. The topological polar surface area (TPSA) is 68.5 Å². The number of fused-ring (bicyclic) bond motifs is 1. The molecule has 3 rings (SSSR count). The summed E-state index contributed by atoms with van der Waals surface area (Å²) in [6.07, 6.45) is 0.603. The minimum atomic E-state index is -1.12. The summed E-state index contributed by atoms with van der Waals surface area (Å²) in [5.74, 6) is -3.21. The number of carbonyl (C=O) groups excluding carboxylic acids is 2. The van der Waals surface area contributed by atoms with E-state index in [0.29, 0.717) is 28.6 Å². The summed E-state index contributed by atoms with van der Waals surface area (Å²) in [5, 5.41) is 10.4. The lowest BCUT2D eigenvalue weighted by Gasteiger charge is -2.08. The first-order chi connectivity index (χ1) is 13.3. The van der Waals surface area contributed by atoms with E-state index in [4.69, 9.17) is 4.74 Å². The maximum absolute atomic E-state index is 13.6. The number of phenolic OH excluding ortho intramolecular Hbond substituents is 1. The Labute approximate surface area is 160 Å². The Morgan fingerprint density at radius 2 is 1.86 bits per heavy atom. The molecule has 0 atom stereocenters. The zero-order valence-corrected chi connectivity index (χ0v) is 15.5. The number of rotatable bonds is 5. The largest absolute Gasteiger partial charge is 0.508 e. The van der Waals surface area contributed by atoms with Gasteiger partial charge in [-0.2, -0.15) is 0 Å². The van der Waals surface area contributed by atoms with Gasteiger partial charge in [-0.1, -0.05) is 6.92 Å². The molecule has 0 aliphatic heterocycles. The number of esters is 1. The number of hydrogen-bond acceptors (Lipinski definition) is 4. The summed E-state index contributed by atoms with van der Waals surface area (Å²) in [6, 6.07) is 7.32. The van der Waals surface area contributed by atoms with Crippen molar-refractivity contribution in [2.45, 2.75) is 26.7 Å². The van der Waals surface area contributed by atoms with Gasteiger partial charge in [-0.25, -0.2) is 8.78 Å². The summed E-state index contributed by atoms with van der Waals surface area (Å²) in [7, 11) is 0. The normalized spacial score (nSPS) is 11.0. The summed E-state index contributed by atoms with van der Waals surface area (Å²) < 4.78 is 33.3. The monoisotopic (exact) mass is 387 g/mol. The number of carbonyl (C=O) groups is 2. The molecule has 0 saturated carbocycles. The molecule has 0 radical (unpaired) electrons. The number of aromatic nitrogens is 1. The Balaban J connectivity index is 2.12. The highest BCUT2D eigenvalue weighted by Gasteiger charge is 2.23. The molecule has 0 spiro atoms. The molecule has 1 heterocycles. The molecular formula is C21H19F2NO4. The quantitative estimate of drug-likeness (QED) is 0.669. The van der Waals surface area contributed by atoms with Crippen molar-refractivity contribution in [1.82, 2.24) is 4.57 Å². The van der Waals surface area contributed by atoms with Gasteiger partial charge < -0.3 is 9.84 Å². The van der Waals surface area contributed by atoms with E-state index in [1.54, 1.807) is 6.92 Å². The van der Waals surface area contributed by atoms with Crippen LogP contribution in [0.4, 0.5) is 8.78 Å². The molecule has 0 unspecified atom stereocenters. The van der Waals surface area contributed by atoms with Crippen LogP contribution in [0.5, 0.6) is 5.75 Å². The number of ether oxygens (including phenoxy) is 1. The number of nitrogens with zero attached hydrogens (tertiary/aromatic N) is 1. The number of phenols is 1. The lowest BCUT2D eigenvalue weighted by Crippen LogP contribution is -2.15. The Morgan fingerprint density at radius 3 is 2.54 bits per heavy atom. The molecule has 7 heteroatoms. The summed E-state index contributed by atoms with van der Waals surface area (Å²) in [4.78, 5) is 25.1. The third kappa shape index (κ3) is 3.60. The van der Waals surface area contributed by atoms with Crippen molar-refractivity contribution >= 4 is 22.8 Å². The van der Waals surface area contributed by atoms with Crippen LogP contribution < -0.4 is 0 Å². The maximum Gasteiger partial charge on any atom is 0.310 e. The van der Waals surface area contributed by atoms with E-state index >= 15 is 0 Å². The van der Waals surface area contributed by atoms with E-state index < -0.39 is 23.5 Å². The number of hydrogen-bond donors (Lipinski definition) is 1. The standard InChI is InChI=1S/C21H19F2NO4/c1-3-8-28-20(26)11-15-12(2)24(19-7-5-14(25)10-16(15)19)21(27)13-4-6-17(22)18(23)9-13/h4-7,9-10,25H,3,8,11H2,1-2H3. The van der Waals surface area contributed by atoms with Crippen molar-refractivity contribution in [3.8, 4) is 5.75 Å². The molecule has 0 bridgehead atoms. The van der Waals surface area contributed by atoms with Gasteiger partial charge in [-0.15, -0.1) is 0 Å². The van der Waals surface area contributed by atoms with Gasteiger partial charge >= 0.3 is 5.97 Å². The van der Waals surface area contributed by atoms with E-state index in [9.17, 15) is 23.5 Å². The second kappa shape index (κ2) is 7.80. The number of benzene rings is 2. The van der Waals surface area contributed by atoms with Gasteiger partial charge in [0, 0.05) is 16.6 Å². The summed E-state index contributed by atoms with van der Waals surface area (Å²) >= 11 is 0. The summed E-state index contributed by atoms with van der Waals surface area (Å²) in [6.45, 7) is 3.82. The van der Waals surface area contributed by atoms with Crippen molar-refractivity contribution in [3.05, 3.63) is 64.9 Å². The van der Waals surface area contributed by atoms with E-state index in [-0.39, 0.29) is 24.3 Å². The fourth-order valence-electron chi connectivity index (χ4n) is 3.13. The Morgan fingerprint density at radius 1 is 1.11 bits per heavy atom. The van der Waals surface area contributed by atoms with E-state index in [0.717, 1.165) is 12.1 Å². The van der Waals surface area contributed by atoms with Crippen LogP contribution in [0, 0.1) is 18.6 Å². The Hall–Kier alpha value is -3.22. The molecule has 2 aromatic carbocycles. The van der Waals surface area contributed by atoms with Crippen molar-refractivity contribution in [1.29, 1.82) is 0 Å². The third-order valence-electron chi connectivity index (χ3n) is 4.48. The highest BCUT2D eigenvalue weighted by Crippen LogP contribution is 2.30. The zero-order valence-electron chi connectivity index (χ0n) is 15.5. The molecule has 1 N–H and O–H groups in total. The molecule has 1 aromatic heterocycles. The molecule has 0 aliphatic carbocycles. The van der Waals surface area contributed by atoms with E-state index in [1.807, 2.05) is 6.92 Å². The Bertz CT molecular complexity index is 1070. The van der Waals surface area contributed by atoms with Crippen LogP contribution in [0.15, 0.2) is 36.4 Å². The first kappa shape index (κ1) is 19.5. The van der Waals surface area contributed by atoms with Gasteiger partial charge in [0.15, 0.2) is 11.6 Å². The SMILES string of the molecule is CCCOC(=O)Cc1c(C)n(C(=O)c2ccc(F)c(F)c2)c2ccc(O)cc12. The second-order valence-corrected chi connectivity index (χ2v) is 6.43. The smallest absolute Gasteiger partial charge is 0.310 e. The fourth-order valence-corrected chi connectivity index (χ4v) is 3.13. The van der Waals surface area contributed by atoms with Gasteiger partial charge in [0.1, 0.15) is 5.75 Å². The molecule has 0 amide bonds. The molecule has 0 aliphatic rings. The van der Waals surface area contributed by atoms with Gasteiger partial charge in [-0.3, -0.25) is 14.2 Å². The minimum absolute atomic E-state index is 0.0203. The lowest BCUT2D eigenvalue weighted by atomic mass is 10.1. The molecule has 146 valence electrons. The van der Waals surface area contributed by atoms with Crippen molar-refractivity contribution < 1.29 is 28.2 Å². The Kier molecular flexibility index (Phi) is 5.44. The van der Waals surface area contributed by atoms with Crippen LogP contribution in [0.2, 0.25) is 0 Å². The summed E-state index contributed by atoms with van der Waals surface area (Å²) in [5.41, 5.74) is 1.40. The number of aromatic hydroxyl groups is 1. The zero-order chi connectivity index (χ0) is 20.4. The molecule has 5 nitrogen and oxygen atoms in total. The predicted molar refractivity (Wildman–Crippen MR) is 99.4 cm³/mol. The first-order valence-corrected chi connectivity index (χ1v) is 8.81. The second-order valence-electron chi connectivity index (χ2n) is 6.43. The first-order valence-electron chi connectivity index (χ1n) is 8.81. The van der Waals surface area contributed by atoms with E-state index in [2.05, 4.69) is 0 Å². The van der Waals surface area contributed by atoms with Crippen LogP contribution in [-0.2, 0) is 16.0 Å². The highest BCUT2D eigenvalue weighted by atomic mass is 19.2. The average Bonchev–Trinajstić information content (AvgIpc) is 2.93. The maximum atomic E-state index is 13.6.